The monoisotopic (exact) mass is 317 g/mol. The first kappa shape index (κ1) is 16.6. The second kappa shape index (κ2) is 7.01. The third-order valence-electron chi connectivity index (χ3n) is 3.50. The number of nitrogens with zero attached hydrogens (tertiary/aromatic N) is 3. The number of aliphatic hydroxyl groups is 3. The number of aliphatic hydroxyl groups excluding tert-OH is 3. The third kappa shape index (κ3) is 3.19. The molecular weight excluding hydrogens is 298 g/mol. The summed E-state index contributed by atoms with van der Waals surface area (Å²) in [6, 6.07) is -0.831. The molecule has 2 atom stereocenters. The van der Waals surface area contributed by atoms with Crippen LogP contribution in [0, 0.1) is 0 Å². The van der Waals surface area contributed by atoms with Gasteiger partial charge in [0, 0.05) is 0 Å². The van der Waals surface area contributed by atoms with Gasteiger partial charge in [-0.05, 0) is 6.42 Å². The summed E-state index contributed by atoms with van der Waals surface area (Å²) in [5.41, 5.74) is -2.68. The van der Waals surface area contributed by atoms with Crippen LogP contribution in [0.1, 0.15) is 12.5 Å². The molecule has 1 aromatic rings. The molecule has 2 unspecified atom stereocenters. The molecule has 124 valence electrons. The molecule has 0 spiro atoms. The summed E-state index contributed by atoms with van der Waals surface area (Å²) in [4.78, 5) is 36.8. The Morgan fingerprint density at radius 1 is 1.00 bits per heavy atom. The van der Waals surface area contributed by atoms with Crippen LogP contribution in [0.2, 0.25) is 0 Å². The summed E-state index contributed by atoms with van der Waals surface area (Å²) in [5, 5.41) is 27.4. The molecule has 1 fully saturated rings. The van der Waals surface area contributed by atoms with Crippen LogP contribution < -0.4 is 17.1 Å². The van der Waals surface area contributed by atoms with Crippen molar-refractivity contribution < 1.29 is 20.1 Å². The maximum atomic E-state index is 12.3. The number of hydrogen-bond donors (Lipinski definition) is 3. The van der Waals surface area contributed by atoms with Crippen LogP contribution in [-0.2, 0) is 17.8 Å². The molecule has 1 aromatic heterocycles. The third-order valence-corrected chi connectivity index (χ3v) is 3.50. The van der Waals surface area contributed by atoms with E-state index in [0.29, 0.717) is 15.7 Å². The summed E-state index contributed by atoms with van der Waals surface area (Å²) >= 11 is 0. The standard InChI is InChI=1S/C12H19N3O7/c16-3-1-13-10(19)14(2-4-17)12(21)15(11(13)20)8(6-18)5-9-7-22-9/h8-9,16-18H,1-7H2. The zero-order chi connectivity index (χ0) is 16.3. The molecule has 10 nitrogen and oxygen atoms in total. The van der Waals surface area contributed by atoms with Gasteiger partial charge in [-0.3, -0.25) is 0 Å². The van der Waals surface area contributed by atoms with Gasteiger partial charge >= 0.3 is 17.1 Å². The number of rotatable bonds is 8. The largest absolute Gasteiger partial charge is 0.395 e. The maximum Gasteiger partial charge on any atom is 0.336 e. The topological polar surface area (TPSA) is 139 Å². The number of aromatic nitrogens is 3. The van der Waals surface area contributed by atoms with Gasteiger partial charge in [0.25, 0.3) is 0 Å². The summed E-state index contributed by atoms with van der Waals surface area (Å²) in [6.45, 7) is -1.44. The Hall–Kier alpha value is -1.75. The molecule has 0 bridgehead atoms. The highest BCUT2D eigenvalue weighted by Crippen LogP contribution is 2.20. The fourth-order valence-corrected chi connectivity index (χ4v) is 2.32. The van der Waals surface area contributed by atoms with Crippen molar-refractivity contribution in [3.05, 3.63) is 31.5 Å². The average molecular weight is 317 g/mol. The first-order valence-electron chi connectivity index (χ1n) is 6.95. The van der Waals surface area contributed by atoms with Crippen molar-refractivity contribution in [3.63, 3.8) is 0 Å². The van der Waals surface area contributed by atoms with Gasteiger partial charge in [0.2, 0.25) is 0 Å². The van der Waals surface area contributed by atoms with E-state index in [1.54, 1.807) is 0 Å². The highest BCUT2D eigenvalue weighted by atomic mass is 16.6. The van der Waals surface area contributed by atoms with Gasteiger partial charge in [-0.15, -0.1) is 0 Å². The minimum Gasteiger partial charge on any atom is -0.395 e. The van der Waals surface area contributed by atoms with Crippen molar-refractivity contribution in [3.8, 4) is 0 Å². The molecule has 0 radical (unpaired) electrons. The van der Waals surface area contributed by atoms with Crippen LogP contribution in [0.15, 0.2) is 14.4 Å². The van der Waals surface area contributed by atoms with Crippen LogP contribution in [0.25, 0.3) is 0 Å². The Labute approximate surface area is 124 Å². The minimum atomic E-state index is -0.895. The van der Waals surface area contributed by atoms with Gasteiger partial charge in [-0.2, -0.15) is 0 Å². The van der Waals surface area contributed by atoms with Gasteiger partial charge in [0.15, 0.2) is 0 Å². The smallest absolute Gasteiger partial charge is 0.336 e. The van der Waals surface area contributed by atoms with Gasteiger partial charge in [0.05, 0.1) is 51.7 Å². The molecule has 0 amide bonds. The van der Waals surface area contributed by atoms with E-state index >= 15 is 0 Å². The van der Waals surface area contributed by atoms with Crippen molar-refractivity contribution in [2.75, 3.05) is 26.4 Å². The van der Waals surface area contributed by atoms with Gasteiger partial charge in [0.1, 0.15) is 0 Å². The lowest BCUT2D eigenvalue weighted by molar-refractivity contribution is 0.189. The molecule has 3 N–H and O–H groups in total. The molecule has 1 aliphatic heterocycles. The highest BCUT2D eigenvalue weighted by molar-refractivity contribution is 4.86. The Morgan fingerprint density at radius 2 is 1.50 bits per heavy atom. The van der Waals surface area contributed by atoms with E-state index in [4.69, 9.17) is 14.9 Å². The van der Waals surface area contributed by atoms with Crippen LogP contribution in [0.5, 0.6) is 0 Å². The zero-order valence-electron chi connectivity index (χ0n) is 11.9. The number of ether oxygens (including phenoxy) is 1. The fraction of sp³-hybridized carbons (Fsp3) is 0.750. The van der Waals surface area contributed by atoms with Crippen molar-refractivity contribution in [1.29, 1.82) is 0 Å². The Balaban J connectivity index is 2.61. The van der Waals surface area contributed by atoms with E-state index in [1.807, 2.05) is 0 Å². The van der Waals surface area contributed by atoms with Crippen molar-refractivity contribution in [2.24, 2.45) is 0 Å². The van der Waals surface area contributed by atoms with Gasteiger partial charge in [-0.1, -0.05) is 0 Å². The van der Waals surface area contributed by atoms with E-state index in [0.717, 1.165) is 4.57 Å². The minimum absolute atomic E-state index is 0.132. The highest BCUT2D eigenvalue weighted by Gasteiger charge is 2.30. The van der Waals surface area contributed by atoms with Crippen molar-refractivity contribution in [2.45, 2.75) is 31.7 Å². The predicted molar refractivity (Wildman–Crippen MR) is 73.9 cm³/mol. The van der Waals surface area contributed by atoms with Crippen LogP contribution in [0.3, 0.4) is 0 Å². The summed E-state index contributed by atoms with van der Waals surface area (Å²) in [7, 11) is 0. The van der Waals surface area contributed by atoms with E-state index in [9.17, 15) is 19.5 Å². The van der Waals surface area contributed by atoms with Gasteiger partial charge in [-0.25, -0.2) is 28.1 Å². The van der Waals surface area contributed by atoms with Crippen LogP contribution in [0.4, 0.5) is 0 Å². The second-order valence-electron chi connectivity index (χ2n) is 5.00. The first-order valence-corrected chi connectivity index (χ1v) is 6.95. The zero-order valence-corrected chi connectivity index (χ0v) is 11.9. The average Bonchev–Trinajstić information content (AvgIpc) is 3.31. The molecule has 0 saturated carbocycles. The Kier molecular flexibility index (Phi) is 5.29. The maximum absolute atomic E-state index is 12.3. The molecular formula is C12H19N3O7. The normalized spacial score (nSPS) is 18.4. The molecule has 10 heteroatoms. The molecule has 0 aromatic carbocycles. The van der Waals surface area contributed by atoms with Crippen molar-refractivity contribution in [1.82, 2.24) is 13.7 Å². The molecule has 2 heterocycles. The molecule has 0 aliphatic carbocycles. The molecule has 2 rings (SSSR count). The lowest BCUT2D eigenvalue weighted by Crippen LogP contribution is -2.56. The Morgan fingerprint density at radius 3 is 1.86 bits per heavy atom. The predicted octanol–water partition coefficient (Wildman–Crippen LogP) is -3.52. The second-order valence-corrected chi connectivity index (χ2v) is 5.00. The fourth-order valence-electron chi connectivity index (χ4n) is 2.32. The quantitative estimate of drug-likeness (QED) is 0.422. The molecule has 1 aliphatic rings. The van der Waals surface area contributed by atoms with Crippen molar-refractivity contribution >= 4 is 0 Å². The summed E-state index contributed by atoms with van der Waals surface area (Å²) < 4.78 is 7.26. The SMILES string of the molecule is O=c1n(CCO)c(=O)n(C(CO)CC2CO2)c(=O)n1CCO. The van der Waals surface area contributed by atoms with Crippen LogP contribution >= 0.6 is 0 Å². The summed E-state index contributed by atoms with van der Waals surface area (Å²) in [5.74, 6) is 0. The summed E-state index contributed by atoms with van der Waals surface area (Å²) in [6.07, 6.45) is 0.134. The number of epoxide rings is 1. The lowest BCUT2D eigenvalue weighted by atomic mass is 10.2. The van der Waals surface area contributed by atoms with E-state index in [2.05, 4.69) is 0 Å². The van der Waals surface area contributed by atoms with Crippen LogP contribution in [-0.4, -0.2) is 61.6 Å². The Bertz CT molecular complexity index is 641. The first-order chi connectivity index (χ1) is 10.5. The van der Waals surface area contributed by atoms with E-state index in [1.165, 1.54) is 0 Å². The van der Waals surface area contributed by atoms with Gasteiger partial charge < -0.3 is 20.1 Å². The van der Waals surface area contributed by atoms with E-state index in [-0.39, 0.29) is 25.6 Å². The number of hydrogen-bond acceptors (Lipinski definition) is 7. The molecule has 22 heavy (non-hydrogen) atoms. The molecule has 1 saturated heterocycles. The lowest BCUT2D eigenvalue weighted by Gasteiger charge is -2.18. The van der Waals surface area contributed by atoms with E-state index < -0.39 is 42.9 Å².